The third kappa shape index (κ3) is 10.5. The molecule has 2 fully saturated rings. The molecule has 3 heterocycles. The second-order valence-corrected chi connectivity index (χ2v) is 14.9. The van der Waals surface area contributed by atoms with Crippen LogP contribution < -0.4 is 24.6 Å². The van der Waals surface area contributed by atoms with Crippen molar-refractivity contribution in [2.24, 2.45) is 0 Å². The summed E-state index contributed by atoms with van der Waals surface area (Å²) in [5.41, 5.74) is 7.74. The van der Waals surface area contributed by atoms with E-state index in [4.69, 9.17) is 18.9 Å². The van der Waals surface area contributed by atoms with E-state index in [1.165, 1.54) is 22.5 Å². The van der Waals surface area contributed by atoms with Gasteiger partial charge in [-0.2, -0.15) is 0 Å². The maximum absolute atomic E-state index is 6.14. The smallest absolute Gasteiger partial charge is 0.227 e. The molecule has 4 aromatic carbocycles. The number of aromatic nitrogens is 1. The first-order valence-corrected chi connectivity index (χ1v) is 19.7. The van der Waals surface area contributed by atoms with E-state index in [2.05, 4.69) is 99.5 Å². The Balaban J connectivity index is 0.783. The molecule has 0 saturated carbocycles. The van der Waals surface area contributed by atoms with Crippen LogP contribution in [0.5, 0.6) is 11.5 Å². The van der Waals surface area contributed by atoms with Crippen LogP contribution in [0.3, 0.4) is 0 Å². The largest absolute Gasteiger partial charge is 0.494 e. The van der Waals surface area contributed by atoms with Crippen molar-refractivity contribution in [1.82, 2.24) is 25.0 Å². The fourth-order valence-electron chi connectivity index (χ4n) is 7.11. The van der Waals surface area contributed by atoms with E-state index >= 15 is 0 Å². The quantitative estimate of drug-likeness (QED) is 0.108. The number of nitrogens with one attached hydrogen (secondary N) is 1. The van der Waals surface area contributed by atoms with Crippen LogP contribution in [0.25, 0.3) is 22.6 Å². The minimum Gasteiger partial charge on any atom is -0.494 e. The van der Waals surface area contributed by atoms with Crippen LogP contribution in [0.2, 0.25) is 0 Å². The van der Waals surface area contributed by atoms with Crippen LogP contribution >= 0.6 is 0 Å². The van der Waals surface area contributed by atoms with Crippen LogP contribution in [-0.2, 0) is 13.1 Å². The lowest BCUT2D eigenvalue weighted by atomic mass is 10.1. The average Bonchev–Trinajstić information content (AvgIpc) is 3.63. The molecule has 0 atom stereocenters. The van der Waals surface area contributed by atoms with E-state index in [1.807, 2.05) is 42.5 Å². The van der Waals surface area contributed by atoms with Crippen LogP contribution in [0.4, 0.5) is 11.4 Å². The molecule has 1 aromatic heterocycles. The predicted octanol–water partition coefficient (Wildman–Crippen LogP) is 6.46. The van der Waals surface area contributed by atoms with E-state index in [1.54, 1.807) is 0 Å². The Labute approximate surface area is 321 Å². The number of hydrogen-bond acceptors (Lipinski definition) is 10. The molecule has 0 unspecified atom stereocenters. The molecule has 0 amide bonds. The van der Waals surface area contributed by atoms with Gasteiger partial charge in [0.05, 0.1) is 13.2 Å². The molecule has 286 valence electrons. The highest BCUT2D eigenvalue weighted by Gasteiger charge is 2.16. The first-order valence-electron chi connectivity index (χ1n) is 19.7. The zero-order chi connectivity index (χ0) is 37.1. The number of benzene rings is 4. The Kier molecular flexibility index (Phi) is 13.0. The van der Waals surface area contributed by atoms with E-state index in [0.717, 1.165) is 120 Å². The lowest BCUT2D eigenvalue weighted by Gasteiger charge is -2.34. The summed E-state index contributed by atoms with van der Waals surface area (Å²) >= 11 is 0. The highest BCUT2D eigenvalue weighted by molar-refractivity contribution is 5.77. The second kappa shape index (κ2) is 18.6. The van der Waals surface area contributed by atoms with Gasteiger partial charge in [-0.1, -0.05) is 24.3 Å². The summed E-state index contributed by atoms with van der Waals surface area (Å²) in [6, 6.07) is 31.9. The van der Waals surface area contributed by atoms with E-state index < -0.39 is 0 Å². The molecule has 0 radical (unpaired) electrons. The molecule has 54 heavy (non-hydrogen) atoms. The van der Waals surface area contributed by atoms with Gasteiger partial charge < -0.3 is 43.7 Å². The number of likely N-dealkylation sites (N-methyl/N-ethyl adjacent to an activating group) is 2. The third-order valence-electron chi connectivity index (χ3n) is 10.6. The lowest BCUT2D eigenvalue weighted by Crippen LogP contribution is -2.44. The van der Waals surface area contributed by atoms with Crippen LogP contribution in [0.1, 0.15) is 24.0 Å². The topological polar surface area (TPSA) is 72.7 Å². The minimum atomic E-state index is 0.590. The third-order valence-corrected chi connectivity index (χ3v) is 10.6. The molecule has 10 heteroatoms. The summed E-state index contributed by atoms with van der Waals surface area (Å²) in [5.74, 6) is 2.23. The Morgan fingerprint density at radius 1 is 0.667 bits per heavy atom. The van der Waals surface area contributed by atoms with Gasteiger partial charge in [-0.25, -0.2) is 4.98 Å². The monoisotopic (exact) mass is 731 g/mol. The summed E-state index contributed by atoms with van der Waals surface area (Å²) in [5, 5.41) is 3.54. The molecular formula is C44H57N7O3. The number of fused-ring (bicyclic) bond motifs is 1. The van der Waals surface area contributed by atoms with Crippen molar-refractivity contribution in [3.63, 3.8) is 0 Å². The highest BCUT2D eigenvalue weighted by atomic mass is 16.5. The first-order chi connectivity index (χ1) is 26.4. The number of ether oxygens (including phenoxy) is 2. The molecule has 1 N–H and O–H groups in total. The summed E-state index contributed by atoms with van der Waals surface area (Å²) in [7, 11) is 6.56. The number of hydrogen-bond donors (Lipinski definition) is 1. The second-order valence-electron chi connectivity index (χ2n) is 14.9. The van der Waals surface area contributed by atoms with Crippen molar-refractivity contribution in [3.05, 3.63) is 102 Å². The molecule has 5 aromatic rings. The van der Waals surface area contributed by atoms with Crippen molar-refractivity contribution < 1.29 is 13.9 Å². The summed E-state index contributed by atoms with van der Waals surface area (Å²) in [6.45, 7) is 13.8. The van der Waals surface area contributed by atoms with Crippen molar-refractivity contribution in [3.8, 4) is 23.0 Å². The van der Waals surface area contributed by atoms with Crippen molar-refractivity contribution in [2.45, 2.75) is 25.9 Å². The molecule has 0 aliphatic carbocycles. The van der Waals surface area contributed by atoms with Gasteiger partial charge in [-0.05, 0) is 112 Å². The van der Waals surface area contributed by atoms with E-state index in [9.17, 15) is 0 Å². The first kappa shape index (κ1) is 37.7. The Morgan fingerprint density at radius 2 is 1.24 bits per heavy atom. The van der Waals surface area contributed by atoms with Gasteiger partial charge in [0.25, 0.3) is 0 Å². The number of oxazole rings is 1. The average molecular weight is 732 g/mol. The number of nitrogens with zero attached hydrogens (tertiary/aromatic N) is 6. The summed E-state index contributed by atoms with van der Waals surface area (Å²) in [6.07, 6.45) is 1.87. The van der Waals surface area contributed by atoms with Crippen LogP contribution in [0, 0.1) is 0 Å². The Morgan fingerprint density at radius 3 is 1.89 bits per heavy atom. The molecule has 2 aliphatic heterocycles. The van der Waals surface area contributed by atoms with Gasteiger partial charge in [0, 0.05) is 95.0 Å². The van der Waals surface area contributed by atoms with Gasteiger partial charge in [0.15, 0.2) is 5.58 Å². The van der Waals surface area contributed by atoms with Gasteiger partial charge in [-0.3, -0.25) is 0 Å². The fourth-order valence-corrected chi connectivity index (χ4v) is 7.11. The molecule has 7 rings (SSSR count). The van der Waals surface area contributed by atoms with E-state index in [-0.39, 0.29) is 0 Å². The standard InChI is InChI=1S/C44H57N7O3/c1-47-22-26-50(27-23-47)38-12-6-35(7-13-38)33-45-20-4-30-53-41-18-19-42-43(32-41)54-44(46-42)37-10-16-40(17-11-37)52-31-5-21-49(3)34-36-8-14-39(15-9-36)51-28-24-48(2)25-29-51/h6-19,32,45H,4-5,20-31,33-34H2,1-3H3. The van der Waals surface area contributed by atoms with Crippen molar-refractivity contribution in [2.75, 3.05) is 110 Å². The molecule has 0 bridgehead atoms. The van der Waals surface area contributed by atoms with E-state index in [0.29, 0.717) is 19.1 Å². The van der Waals surface area contributed by atoms with Crippen molar-refractivity contribution in [1.29, 1.82) is 0 Å². The number of rotatable bonds is 17. The molecular weight excluding hydrogens is 675 g/mol. The molecule has 0 spiro atoms. The van der Waals surface area contributed by atoms with Crippen molar-refractivity contribution >= 4 is 22.5 Å². The summed E-state index contributed by atoms with van der Waals surface area (Å²) < 4.78 is 18.2. The summed E-state index contributed by atoms with van der Waals surface area (Å²) in [4.78, 5) is 16.8. The highest BCUT2D eigenvalue weighted by Crippen LogP contribution is 2.28. The van der Waals surface area contributed by atoms with Crippen LogP contribution in [-0.4, -0.2) is 119 Å². The normalized spacial score (nSPS) is 15.7. The molecule has 2 aliphatic rings. The van der Waals surface area contributed by atoms with Crippen LogP contribution in [0.15, 0.2) is 95.4 Å². The maximum atomic E-state index is 6.14. The zero-order valence-electron chi connectivity index (χ0n) is 32.4. The van der Waals surface area contributed by atoms with Gasteiger partial charge in [0.2, 0.25) is 5.89 Å². The predicted molar refractivity (Wildman–Crippen MR) is 220 cm³/mol. The number of piperazine rings is 2. The van der Waals surface area contributed by atoms with Gasteiger partial charge >= 0.3 is 0 Å². The fraction of sp³-hybridized carbons (Fsp3) is 0.432. The zero-order valence-corrected chi connectivity index (χ0v) is 32.4. The number of anilines is 2. The van der Waals surface area contributed by atoms with Gasteiger partial charge in [0.1, 0.15) is 17.0 Å². The Hall–Kier alpha value is -4.61. The maximum Gasteiger partial charge on any atom is 0.227 e. The molecule has 10 nitrogen and oxygen atoms in total. The SMILES string of the molecule is CN1CCN(c2ccc(CNCCCOc3ccc4nc(-c5ccc(OCCCN(C)Cc6ccc(N7CCN(C)CC7)cc6)cc5)oc4c3)cc2)CC1. The minimum absolute atomic E-state index is 0.590. The van der Waals surface area contributed by atoms with Gasteiger partial charge in [-0.15, -0.1) is 0 Å². The Bertz CT molecular complexity index is 1860. The lowest BCUT2D eigenvalue weighted by molar-refractivity contribution is 0.259. The molecule has 2 saturated heterocycles.